The number of esters is 1. The van der Waals surface area contributed by atoms with Crippen LogP contribution in [0.15, 0.2) is 16.9 Å². The zero-order valence-corrected chi connectivity index (χ0v) is 19.8. The first-order valence-electron chi connectivity index (χ1n) is 11.7. The fourth-order valence-corrected chi connectivity index (χ4v) is 5.11. The van der Waals surface area contributed by atoms with Gasteiger partial charge in [-0.1, -0.05) is 0 Å². The highest BCUT2D eigenvalue weighted by Gasteiger charge is 2.50. The Hall–Kier alpha value is -3.14. The van der Waals surface area contributed by atoms with Gasteiger partial charge in [-0.05, 0) is 33.0 Å². The highest BCUT2D eigenvalue weighted by Crippen LogP contribution is 2.46. The summed E-state index contributed by atoms with van der Waals surface area (Å²) in [7, 11) is 5.79. The number of benzene rings is 1. The van der Waals surface area contributed by atoms with Gasteiger partial charge >= 0.3 is 5.97 Å². The van der Waals surface area contributed by atoms with Crippen molar-refractivity contribution in [3.8, 4) is 5.75 Å². The molecule has 0 bridgehead atoms. The van der Waals surface area contributed by atoms with E-state index in [1.165, 1.54) is 6.07 Å². The van der Waals surface area contributed by atoms with E-state index in [-0.39, 0.29) is 11.1 Å². The SMILES string of the molecule is CN(C)CCOc1cc(F)c2c(c1)C(=O)OC21CCN(c2nc3c(c(=O)[nH]2)CCCN3C)CC1. The summed E-state index contributed by atoms with van der Waals surface area (Å²) in [6.07, 6.45) is 2.46. The van der Waals surface area contributed by atoms with Gasteiger partial charge < -0.3 is 24.2 Å². The molecule has 4 heterocycles. The number of anilines is 2. The molecular formula is C24H30FN5O4. The Balaban J connectivity index is 1.36. The number of nitrogens with one attached hydrogen (secondary N) is 1. The topological polar surface area (TPSA) is 91.0 Å². The van der Waals surface area contributed by atoms with Crippen LogP contribution < -0.4 is 20.1 Å². The minimum absolute atomic E-state index is 0.114. The van der Waals surface area contributed by atoms with Crippen LogP contribution in [0.2, 0.25) is 0 Å². The Morgan fingerprint density at radius 3 is 2.74 bits per heavy atom. The van der Waals surface area contributed by atoms with Gasteiger partial charge in [0.1, 0.15) is 29.6 Å². The number of carbonyl (C=O) groups is 1. The molecule has 1 spiro atoms. The molecule has 1 fully saturated rings. The van der Waals surface area contributed by atoms with Gasteiger partial charge in [-0.25, -0.2) is 9.18 Å². The van der Waals surface area contributed by atoms with E-state index in [1.54, 1.807) is 6.07 Å². The number of carbonyl (C=O) groups excluding carboxylic acids is 1. The summed E-state index contributed by atoms with van der Waals surface area (Å²) in [6.45, 7) is 2.87. The average molecular weight is 472 g/mol. The standard InChI is InChI=1S/C24H30FN5O4/c1-28(2)11-12-33-15-13-17-19(18(25)14-15)24(34-22(17)32)6-9-30(10-7-24)23-26-20-16(21(31)27-23)5-4-8-29(20)3/h13-14H,4-12H2,1-3H3,(H,26,27,31). The van der Waals surface area contributed by atoms with E-state index in [1.807, 2.05) is 35.8 Å². The van der Waals surface area contributed by atoms with Gasteiger partial charge in [0.15, 0.2) is 0 Å². The molecule has 1 N–H and O–H groups in total. The van der Waals surface area contributed by atoms with Gasteiger partial charge in [0.05, 0.1) is 11.1 Å². The number of hydrogen-bond acceptors (Lipinski definition) is 8. The van der Waals surface area contributed by atoms with Crippen LogP contribution in [0, 0.1) is 5.82 Å². The molecule has 9 nitrogen and oxygen atoms in total. The van der Waals surface area contributed by atoms with Gasteiger partial charge in [-0.15, -0.1) is 0 Å². The number of rotatable bonds is 5. The molecule has 0 radical (unpaired) electrons. The lowest BCUT2D eigenvalue weighted by atomic mass is 9.83. The van der Waals surface area contributed by atoms with E-state index in [0.717, 1.165) is 30.8 Å². The van der Waals surface area contributed by atoms with Gasteiger partial charge in [0, 0.05) is 57.7 Å². The first-order chi connectivity index (χ1) is 16.3. The zero-order chi connectivity index (χ0) is 24.0. The molecule has 0 atom stereocenters. The first-order valence-corrected chi connectivity index (χ1v) is 11.7. The van der Waals surface area contributed by atoms with E-state index < -0.39 is 17.4 Å². The van der Waals surface area contributed by atoms with E-state index in [4.69, 9.17) is 14.5 Å². The molecule has 0 unspecified atom stereocenters. The van der Waals surface area contributed by atoms with Crippen LogP contribution in [0.25, 0.3) is 0 Å². The van der Waals surface area contributed by atoms with Crippen molar-refractivity contribution in [1.29, 1.82) is 0 Å². The van der Waals surface area contributed by atoms with Gasteiger partial charge in [-0.2, -0.15) is 4.98 Å². The van der Waals surface area contributed by atoms with E-state index in [9.17, 15) is 9.59 Å². The van der Waals surface area contributed by atoms with Crippen LogP contribution in [-0.2, 0) is 16.8 Å². The van der Waals surface area contributed by atoms with Crippen molar-refractivity contribution in [2.24, 2.45) is 0 Å². The molecule has 0 aliphatic carbocycles. The lowest BCUT2D eigenvalue weighted by Crippen LogP contribution is -2.44. The molecule has 1 aromatic carbocycles. The van der Waals surface area contributed by atoms with E-state index in [0.29, 0.717) is 56.3 Å². The number of halogens is 1. The summed E-state index contributed by atoms with van der Waals surface area (Å²) in [5, 5.41) is 0. The maximum Gasteiger partial charge on any atom is 0.339 e. The number of aromatic amines is 1. The second-order valence-electron chi connectivity index (χ2n) is 9.57. The monoisotopic (exact) mass is 471 g/mol. The summed E-state index contributed by atoms with van der Waals surface area (Å²) < 4.78 is 26.7. The van der Waals surface area contributed by atoms with E-state index >= 15 is 4.39 Å². The maximum absolute atomic E-state index is 15.2. The third kappa shape index (κ3) is 3.89. The quantitative estimate of drug-likeness (QED) is 0.662. The molecule has 182 valence electrons. The third-order valence-electron chi connectivity index (χ3n) is 6.97. The highest BCUT2D eigenvalue weighted by molar-refractivity contribution is 5.95. The van der Waals surface area contributed by atoms with Crippen LogP contribution in [0.1, 0.15) is 40.7 Å². The summed E-state index contributed by atoms with van der Waals surface area (Å²) in [6, 6.07) is 2.92. The largest absolute Gasteiger partial charge is 0.492 e. The minimum Gasteiger partial charge on any atom is -0.492 e. The predicted molar refractivity (Wildman–Crippen MR) is 125 cm³/mol. The molecule has 2 aromatic rings. The number of aromatic nitrogens is 2. The van der Waals surface area contributed by atoms with Crippen LogP contribution in [0.4, 0.5) is 16.2 Å². The molecule has 3 aliphatic rings. The number of hydrogen-bond donors (Lipinski definition) is 1. The normalized spacial score (nSPS) is 18.8. The number of nitrogens with zero attached hydrogens (tertiary/aromatic N) is 4. The molecule has 1 saturated heterocycles. The van der Waals surface area contributed by atoms with Crippen molar-refractivity contribution in [3.63, 3.8) is 0 Å². The van der Waals surface area contributed by atoms with Crippen molar-refractivity contribution in [3.05, 3.63) is 45.0 Å². The minimum atomic E-state index is -1.01. The van der Waals surface area contributed by atoms with Crippen LogP contribution in [0.5, 0.6) is 5.75 Å². The Morgan fingerprint density at radius 1 is 1.24 bits per heavy atom. The van der Waals surface area contributed by atoms with Crippen molar-refractivity contribution < 1.29 is 18.7 Å². The van der Waals surface area contributed by atoms with E-state index in [2.05, 4.69) is 4.98 Å². The summed E-state index contributed by atoms with van der Waals surface area (Å²) in [4.78, 5) is 38.9. The smallest absolute Gasteiger partial charge is 0.339 e. The fraction of sp³-hybridized carbons (Fsp3) is 0.542. The van der Waals surface area contributed by atoms with Crippen molar-refractivity contribution >= 4 is 17.7 Å². The van der Waals surface area contributed by atoms with Gasteiger partial charge in [0.25, 0.3) is 5.56 Å². The number of ether oxygens (including phenoxy) is 2. The fourth-order valence-electron chi connectivity index (χ4n) is 5.11. The van der Waals surface area contributed by atoms with Crippen molar-refractivity contribution in [2.45, 2.75) is 31.3 Å². The average Bonchev–Trinajstić information content (AvgIpc) is 3.06. The zero-order valence-electron chi connectivity index (χ0n) is 19.8. The molecule has 10 heteroatoms. The molecule has 0 saturated carbocycles. The summed E-state index contributed by atoms with van der Waals surface area (Å²) in [5.74, 6) is 0.531. The first kappa shape index (κ1) is 22.6. The summed E-state index contributed by atoms with van der Waals surface area (Å²) >= 11 is 0. The Bertz CT molecular complexity index is 1170. The number of fused-ring (bicyclic) bond motifs is 3. The Morgan fingerprint density at radius 2 is 2.00 bits per heavy atom. The van der Waals surface area contributed by atoms with Crippen LogP contribution >= 0.6 is 0 Å². The van der Waals surface area contributed by atoms with Crippen molar-refractivity contribution in [2.75, 3.05) is 63.7 Å². The molecule has 0 amide bonds. The lowest BCUT2D eigenvalue weighted by Gasteiger charge is -2.39. The molecule has 1 aromatic heterocycles. The lowest BCUT2D eigenvalue weighted by molar-refractivity contribution is -0.0225. The maximum atomic E-state index is 15.2. The Labute approximate surface area is 197 Å². The number of likely N-dealkylation sites (N-methyl/N-ethyl adjacent to an activating group) is 1. The van der Waals surface area contributed by atoms with Gasteiger partial charge in [-0.3, -0.25) is 9.78 Å². The number of piperidine rings is 1. The molecule has 34 heavy (non-hydrogen) atoms. The second-order valence-corrected chi connectivity index (χ2v) is 9.57. The van der Waals surface area contributed by atoms with Crippen LogP contribution in [-0.4, -0.2) is 74.8 Å². The molecule has 5 rings (SSSR count). The second kappa shape index (κ2) is 8.57. The molecule has 3 aliphatic heterocycles. The summed E-state index contributed by atoms with van der Waals surface area (Å²) in [5.41, 5.74) is 0.132. The highest BCUT2D eigenvalue weighted by atomic mass is 19.1. The molecular weight excluding hydrogens is 441 g/mol. The Kier molecular flexibility index (Phi) is 5.71. The predicted octanol–water partition coefficient (Wildman–Crippen LogP) is 1.90. The van der Waals surface area contributed by atoms with Gasteiger partial charge in [0.2, 0.25) is 5.95 Å². The third-order valence-corrected chi connectivity index (χ3v) is 6.97. The van der Waals surface area contributed by atoms with Crippen LogP contribution in [0.3, 0.4) is 0 Å². The van der Waals surface area contributed by atoms with Crippen molar-refractivity contribution in [1.82, 2.24) is 14.9 Å². The number of H-pyrrole nitrogens is 1.